The van der Waals surface area contributed by atoms with Gasteiger partial charge in [-0.1, -0.05) is 163 Å². The van der Waals surface area contributed by atoms with Gasteiger partial charge in [0.05, 0.1) is 0 Å². The van der Waals surface area contributed by atoms with Crippen molar-refractivity contribution in [2.24, 2.45) is 0 Å². The fourth-order valence-corrected chi connectivity index (χ4v) is 9.94. The van der Waals surface area contributed by atoms with Crippen molar-refractivity contribution < 1.29 is 27.1 Å². The van der Waals surface area contributed by atoms with E-state index in [0.717, 1.165) is 33.4 Å². The minimum absolute atomic E-state index is 0.0314. The molecule has 7 aromatic rings. The number of benzene rings is 7. The molecule has 0 saturated heterocycles. The second-order valence-electron chi connectivity index (χ2n) is 17.2. The van der Waals surface area contributed by atoms with E-state index in [1.165, 1.54) is 11.1 Å². The van der Waals surface area contributed by atoms with Crippen molar-refractivity contribution in [3.05, 3.63) is 214 Å². The molecule has 0 unspecified atom stereocenters. The first-order valence-electron chi connectivity index (χ1n) is 20.3. The van der Waals surface area contributed by atoms with Crippen LogP contribution < -0.4 is 27.1 Å². The fraction of sp³-hybridized carbons (Fsp3) is 0.192. The Labute approximate surface area is 356 Å². The van der Waals surface area contributed by atoms with Crippen LogP contribution in [0.5, 0.6) is 34.5 Å². The fourth-order valence-electron chi connectivity index (χ4n) is 7.82. The third-order valence-corrected chi connectivity index (χ3v) is 13.1. The predicted octanol–water partition coefficient (Wildman–Crippen LogP) is 14.8. The molecule has 7 aromatic carbocycles. The minimum Gasteiger partial charge on any atom is -0.409 e. The molecule has 6 nitrogen and oxygen atoms in total. The van der Waals surface area contributed by atoms with Crippen LogP contribution in [0.3, 0.4) is 0 Å². The van der Waals surface area contributed by atoms with Gasteiger partial charge >= 0.3 is 17.2 Å². The molecule has 0 spiro atoms. The summed E-state index contributed by atoms with van der Waals surface area (Å²) < 4.78 is 39.6. The molecule has 60 heavy (non-hydrogen) atoms. The summed E-state index contributed by atoms with van der Waals surface area (Å²) in [6.07, 6.45) is 0. The molecule has 0 atom stereocenters. The van der Waals surface area contributed by atoms with E-state index in [-0.39, 0.29) is 22.7 Å². The van der Waals surface area contributed by atoms with Gasteiger partial charge in [-0.15, -0.1) is 0 Å². The Morgan fingerprint density at radius 3 is 0.967 bits per heavy atom. The highest BCUT2D eigenvalue weighted by atomic mass is 31.2. The Balaban J connectivity index is 1.08. The van der Waals surface area contributed by atoms with E-state index < -0.39 is 17.2 Å². The summed E-state index contributed by atoms with van der Waals surface area (Å²) in [5.41, 5.74) is 8.78. The molecule has 2 aliphatic heterocycles. The number of fused-ring (bicyclic) bond motifs is 4. The van der Waals surface area contributed by atoms with Crippen LogP contribution in [0.4, 0.5) is 0 Å². The first-order chi connectivity index (χ1) is 29.0. The van der Waals surface area contributed by atoms with Gasteiger partial charge in [0.15, 0.2) is 0 Å². The summed E-state index contributed by atoms with van der Waals surface area (Å²) in [4.78, 5) is 0. The van der Waals surface area contributed by atoms with Gasteiger partial charge in [-0.3, -0.25) is 0 Å². The third kappa shape index (κ3) is 8.33. The topological polar surface area (TPSA) is 55.4 Å². The molecule has 0 radical (unpaired) electrons. The molecule has 0 fully saturated rings. The highest BCUT2D eigenvalue weighted by molar-refractivity contribution is 7.43. The van der Waals surface area contributed by atoms with Crippen LogP contribution in [0, 0.1) is 0 Å². The van der Waals surface area contributed by atoms with Gasteiger partial charge in [-0.05, 0) is 81.6 Å². The van der Waals surface area contributed by atoms with Crippen molar-refractivity contribution in [1.29, 1.82) is 0 Å². The lowest BCUT2D eigenvalue weighted by atomic mass is 9.79. The largest absolute Gasteiger partial charge is 0.530 e. The molecule has 0 amide bonds. The number of hydrogen-bond acceptors (Lipinski definition) is 6. The summed E-state index contributed by atoms with van der Waals surface area (Å²) in [5.74, 6) is 3.81. The molecule has 0 N–H and O–H groups in total. The van der Waals surface area contributed by atoms with E-state index in [1.807, 2.05) is 72.8 Å². The Morgan fingerprint density at radius 2 is 0.667 bits per heavy atom. The van der Waals surface area contributed by atoms with Gasteiger partial charge in [-0.25, -0.2) is 0 Å². The average molecular weight is 831 g/mol. The molecule has 302 valence electrons. The standard InChI is InChI=1S/C52H48O6P2/c1-51(2,3)37-26-30-39(31-27-37)53-59-55-45-22-11-7-18-41(45)49(42-19-8-12-23-46(42)56-59)35-16-15-17-36(34-35)50-43-20-9-13-24-47(43)57-60(58-48-25-14-10-21-44(48)50)54-40-32-28-38(29-33-40)52(4,5)6/h7-34,49-50H,1-6H3. The number of hydrogen-bond donors (Lipinski definition) is 0. The van der Waals surface area contributed by atoms with E-state index in [1.54, 1.807) is 0 Å². The highest BCUT2D eigenvalue weighted by Crippen LogP contribution is 2.54. The molecule has 0 aliphatic carbocycles. The molecular weight excluding hydrogens is 783 g/mol. The van der Waals surface area contributed by atoms with Crippen LogP contribution in [0.1, 0.15) is 97.9 Å². The Hall–Kier alpha value is -5.80. The van der Waals surface area contributed by atoms with Crippen molar-refractivity contribution in [3.63, 3.8) is 0 Å². The Kier molecular flexibility index (Phi) is 10.8. The van der Waals surface area contributed by atoms with Crippen molar-refractivity contribution >= 4 is 17.2 Å². The normalized spacial score (nSPS) is 18.4. The molecule has 0 aromatic heterocycles. The van der Waals surface area contributed by atoms with Gasteiger partial charge in [0.1, 0.15) is 34.5 Å². The smallest absolute Gasteiger partial charge is 0.409 e. The zero-order valence-corrected chi connectivity index (χ0v) is 36.5. The lowest BCUT2D eigenvalue weighted by Crippen LogP contribution is -2.15. The van der Waals surface area contributed by atoms with E-state index in [2.05, 4.69) is 139 Å². The van der Waals surface area contributed by atoms with Gasteiger partial charge < -0.3 is 27.1 Å². The van der Waals surface area contributed by atoms with E-state index in [4.69, 9.17) is 27.1 Å². The highest BCUT2D eigenvalue weighted by Gasteiger charge is 2.35. The van der Waals surface area contributed by atoms with E-state index >= 15 is 0 Å². The van der Waals surface area contributed by atoms with Crippen molar-refractivity contribution in [2.75, 3.05) is 0 Å². The van der Waals surface area contributed by atoms with E-state index in [0.29, 0.717) is 34.5 Å². The zero-order chi connectivity index (χ0) is 41.4. The SMILES string of the molecule is CC(C)(C)c1ccc(OP2Oc3ccccc3C(c3cccc(C4c5ccccc5OP(Oc5ccc(C(C)(C)C)cc5)Oc5ccccc54)c3)c3ccccc3O2)cc1. The second-order valence-corrected chi connectivity index (χ2v) is 19.2. The first kappa shape index (κ1) is 39.6. The van der Waals surface area contributed by atoms with E-state index in [9.17, 15) is 0 Å². The minimum atomic E-state index is -1.83. The summed E-state index contributed by atoms with van der Waals surface area (Å²) in [5, 5.41) is 0. The summed E-state index contributed by atoms with van der Waals surface area (Å²) in [7, 11) is -3.67. The lowest BCUT2D eigenvalue weighted by Gasteiger charge is -2.31. The van der Waals surface area contributed by atoms with Crippen LogP contribution >= 0.6 is 17.2 Å². The summed E-state index contributed by atoms with van der Waals surface area (Å²) in [6, 6.07) is 58.0. The van der Waals surface area contributed by atoms with Gasteiger partial charge in [0.2, 0.25) is 0 Å². The maximum atomic E-state index is 6.67. The van der Waals surface area contributed by atoms with Gasteiger partial charge in [-0.2, -0.15) is 0 Å². The first-order valence-corrected chi connectivity index (χ1v) is 22.5. The van der Waals surface area contributed by atoms with Crippen LogP contribution in [-0.4, -0.2) is 0 Å². The molecule has 2 heterocycles. The van der Waals surface area contributed by atoms with Crippen LogP contribution in [0.15, 0.2) is 170 Å². The molecule has 8 heteroatoms. The molecule has 0 bridgehead atoms. The molecular formula is C52H48O6P2. The third-order valence-electron chi connectivity index (χ3n) is 11.0. The average Bonchev–Trinajstić information content (AvgIpc) is 3.22. The molecule has 2 aliphatic rings. The summed E-state index contributed by atoms with van der Waals surface area (Å²) in [6.45, 7) is 13.2. The number of rotatable bonds is 6. The molecule has 0 saturated carbocycles. The lowest BCUT2D eigenvalue weighted by molar-refractivity contribution is 0.379. The molecule has 9 rings (SSSR count). The van der Waals surface area contributed by atoms with Crippen molar-refractivity contribution in [1.82, 2.24) is 0 Å². The number of para-hydroxylation sites is 4. The van der Waals surface area contributed by atoms with Crippen LogP contribution in [0.2, 0.25) is 0 Å². The van der Waals surface area contributed by atoms with Crippen molar-refractivity contribution in [2.45, 2.75) is 64.2 Å². The predicted molar refractivity (Wildman–Crippen MR) is 242 cm³/mol. The summed E-state index contributed by atoms with van der Waals surface area (Å²) >= 11 is 0. The maximum Gasteiger partial charge on any atom is 0.530 e. The maximum absolute atomic E-state index is 6.67. The zero-order valence-electron chi connectivity index (χ0n) is 34.7. The van der Waals surface area contributed by atoms with Gasteiger partial charge in [0, 0.05) is 34.1 Å². The van der Waals surface area contributed by atoms with Crippen molar-refractivity contribution in [3.8, 4) is 34.5 Å². The van der Waals surface area contributed by atoms with Gasteiger partial charge in [0.25, 0.3) is 0 Å². The van der Waals surface area contributed by atoms with Crippen LogP contribution in [-0.2, 0) is 10.8 Å². The second kappa shape index (κ2) is 16.3. The Bertz CT molecular complexity index is 2330. The Morgan fingerprint density at radius 1 is 0.367 bits per heavy atom. The monoisotopic (exact) mass is 830 g/mol. The van der Waals surface area contributed by atoms with Crippen LogP contribution in [0.25, 0.3) is 0 Å². The quantitative estimate of drug-likeness (QED) is 0.156.